The third-order valence-electron chi connectivity index (χ3n) is 3.65. The van der Waals surface area contributed by atoms with E-state index in [0.717, 1.165) is 5.56 Å². The molecule has 0 amide bonds. The summed E-state index contributed by atoms with van der Waals surface area (Å²) in [4.78, 5) is 40.1. The average molecular weight is 364 g/mol. The van der Waals surface area contributed by atoms with Gasteiger partial charge in [0.1, 0.15) is 16.4 Å². The van der Waals surface area contributed by atoms with E-state index >= 15 is 0 Å². The van der Waals surface area contributed by atoms with Crippen LogP contribution in [0, 0.1) is 0 Å². The molecule has 0 spiro atoms. The second-order valence-electron chi connectivity index (χ2n) is 5.69. The first-order valence-corrected chi connectivity index (χ1v) is 8.07. The molecule has 136 valence electrons. The Kier molecular flexibility index (Phi) is 5.32. The SMILES string of the molecule is O=C(O)COc1ccc(/C=c2/[nH]c(=O)/c(=C/c3ccccc3)[nH]c2=O)cc1. The second kappa shape index (κ2) is 8.01. The maximum Gasteiger partial charge on any atom is 0.341 e. The van der Waals surface area contributed by atoms with Gasteiger partial charge in [0.25, 0.3) is 11.1 Å². The third kappa shape index (κ3) is 4.82. The van der Waals surface area contributed by atoms with Crippen LogP contribution in [-0.2, 0) is 4.79 Å². The molecule has 3 rings (SSSR count). The quantitative estimate of drug-likeness (QED) is 0.598. The minimum atomic E-state index is -1.07. The summed E-state index contributed by atoms with van der Waals surface area (Å²) in [6.45, 7) is -0.435. The van der Waals surface area contributed by atoms with Crippen molar-refractivity contribution >= 4 is 18.1 Å². The Balaban J connectivity index is 1.92. The Labute approximate surface area is 152 Å². The zero-order valence-electron chi connectivity index (χ0n) is 14.1. The summed E-state index contributed by atoms with van der Waals surface area (Å²) >= 11 is 0. The Morgan fingerprint density at radius 2 is 1.37 bits per heavy atom. The maximum absolute atomic E-state index is 12.3. The Hall–Kier alpha value is -3.87. The Morgan fingerprint density at radius 1 is 0.852 bits per heavy atom. The van der Waals surface area contributed by atoms with Crippen molar-refractivity contribution < 1.29 is 14.6 Å². The second-order valence-corrected chi connectivity index (χ2v) is 5.69. The summed E-state index contributed by atoms with van der Waals surface area (Å²) in [5, 5.41) is 8.87. The van der Waals surface area contributed by atoms with Gasteiger partial charge in [0.15, 0.2) is 6.61 Å². The number of hydrogen-bond donors (Lipinski definition) is 3. The molecule has 0 fully saturated rings. The van der Waals surface area contributed by atoms with E-state index in [-0.39, 0.29) is 10.7 Å². The van der Waals surface area contributed by atoms with Crippen LogP contribution in [0.5, 0.6) is 5.75 Å². The summed E-state index contributed by atoms with van der Waals surface area (Å²) in [5.74, 6) is -0.674. The van der Waals surface area contributed by atoms with E-state index in [1.165, 1.54) is 6.08 Å². The van der Waals surface area contributed by atoms with E-state index in [9.17, 15) is 14.4 Å². The maximum atomic E-state index is 12.3. The molecule has 0 radical (unpaired) electrons. The van der Waals surface area contributed by atoms with Gasteiger partial charge in [-0.25, -0.2) is 4.79 Å². The van der Waals surface area contributed by atoms with Crippen molar-refractivity contribution in [2.75, 3.05) is 6.61 Å². The van der Waals surface area contributed by atoms with Crippen molar-refractivity contribution in [2.45, 2.75) is 0 Å². The van der Waals surface area contributed by atoms with Crippen molar-refractivity contribution in [1.29, 1.82) is 0 Å². The highest BCUT2D eigenvalue weighted by Gasteiger charge is 2.00. The molecule has 0 saturated carbocycles. The number of rotatable bonds is 5. The van der Waals surface area contributed by atoms with Gasteiger partial charge in [-0.15, -0.1) is 0 Å². The molecule has 1 aromatic heterocycles. The van der Waals surface area contributed by atoms with Crippen molar-refractivity contribution in [3.05, 3.63) is 97.1 Å². The van der Waals surface area contributed by atoms with Crippen LogP contribution in [-0.4, -0.2) is 27.7 Å². The zero-order valence-corrected chi connectivity index (χ0v) is 14.1. The van der Waals surface area contributed by atoms with Crippen LogP contribution in [0.2, 0.25) is 0 Å². The van der Waals surface area contributed by atoms with Gasteiger partial charge in [-0.3, -0.25) is 9.59 Å². The molecule has 0 aliphatic heterocycles. The summed E-state index contributed by atoms with van der Waals surface area (Å²) < 4.78 is 5.04. The smallest absolute Gasteiger partial charge is 0.341 e. The number of nitrogens with one attached hydrogen (secondary N) is 2. The predicted octanol–water partition coefficient (Wildman–Crippen LogP) is 0.184. The number of ether oxygens (including phenoxy) is 1. The number of H-pyrrole nitrogens is 2. The van der Waals surface area contributed by atoms with E-state index in [1.807, 2.05) is 30.3 Å². The fourth-order valence-electron chi connectivity index (χ4n) is 2.38. The number of benzene rings is 2. The topological polar surface area (TPSA) is 112 Å². The monoisotopic (exact) mass is 364 g/mol. The minimum Gasteiger partial charge on any atom is -0.482 e. The van der Waals surface area contributed by atoms with Crippen LogP contribution in [0.15, 0.2) is 64.2 Å². The molecule has 3 N–H and O–H groups in total. The van der Waals surface area contributed by atoms with Crippen molar-refractivity contribution in [1.82, 2.24) is 9.97 Å². The van der Waals surface area contributed by atoms with E-state index in [2.05, 4.69) is 9.97 Å². The number of carbonyl (C=O) groups is 1. The molecule has 2 aromatic carbocycles. The third-order valence-corrected chi connectivity index (χ3v) is 3.65. The van der Waals surface area contributed by atoms with Gasteiger partial charge in [0, 0.05) is 0 Å². The van der Waals surface area contributed by atoms with E-state index < -0.39 is 23.7 Å². The fraction of sp³-hybridized carbons (Fsp3) is 0.0500. The van der Waals surface area contributed by atoms with Gasteiger partial charge in [0.2, 0.25) is 0 Å². The van der Waals surface area contributed by atoms with Gasteiger partial charge in [-0.2, -0.15) is 0 Å². The lowest BCUT2D eigenvalue weighted by Gasteiger charge is -2.02. The molecule has 27 heavy (non-hydrogen) atoms. The lowest BCUT2D eigenvalue weighted by atomic mass is 10.2. The molecule has 0 unspecified atom stereocenters. The molecule has 7 nitrogen and oxygen atoms in total. The van der Waals surface area contributed by atoms with Crippen molar-refractivity contribution in [2.24, 2.45) is 0 Å². The molecule has 0 aliphatic carbocycles. The predicted molar refractivity (Wildman–Crippen MR) is 100 cm³/mol. The number of aromatic amines is 2. The summed E-state index contributed by atoms with van der Waals surface area (Å²) in [5.41, 5.74) is 0.611. The molecule has 0 saturated heterocycles. The molecule has 0 aliphatic rings. The van der Waals surface area contributed by atoms with Gasteiger partial charge in [-0.05, 0) is 35.4 Å². The van der Waals surface area contributed by atoms with E-state index in [0.29, 0.717) is 11.3 Å². The standard InChI is InChI=1S/C20H16N2O5/c23-18(24)12-27-15-8-6-14(7-9-15)11-17-20(26)21-16(19(25)22-17)10-13-4-2-1-3-5-13/h1-11H,12H2,(H,21,26)(H,22,25)(H,23,24)/b16-10-,17-11+. The summed E-state index contributed by atoms with van der Waals surface area (Å²) in [7, 11) is 0. The van der Waals surface area contributed by atoms with Crippen LogP contribution >= 0.6 is 0 Å². The van der Waals surface area contributed by atoms with Gasteiger partial charge in [0.05, 0.1) is 0 Å². The molecular weight excluding hydrogens is 348 g/mol. The summed E-state index contributed by atoms with van der Waals surface area (Å²) in [6, 6.07) is 15.7. The first-order valence-electron chi connectivity index (χ1n) is 8.07. The minimum absolute atomic E-state index is 0.115. The highest BCUT2D eigenvalue weighted by Crippen LogP contribution is 2.12. The molecule has 1 heterocycles. The van der Waals surface area contributed by atoms with E-state index in [1.54, 1.807) is 30.3 Å². The number of aromatic nitrogens is 2. The molecule has 3 aromatic rings. The largest absolute Gasteiger partial charge is 0.482 e. The zero-order chi connectivity index (χ0) is 19.2. The van der Waals surface area contributed by atoms with Gasteiger partial charge in [-0.1, -0.05) is 42.5 Å². The van der Waals surface area contributed by atoms with Gasteiger partial charge < -0.3 is 19.8 Å². The highest BCUT2D eigenvalue weighted by molar-refractivity contribution is 5.68. The van der Waals surface area contributed by atoms with Crippen LogP contribution in [0.1, 0.15) is 11.1 Å². The normalized spacial score (nSPS) is 12.1. The molecule has 0 bridgehead atoms. The Morgan fingerprint density at radius 3 is 1.89 bits per heavy atom. The van der Waals surface area contributed by atoms with Gasteiger partial charge >= 0.3 is 5.97 Å². The Bertz CT molecular complexity index is 1180. The molecular formula is C20H16N2O5. The lowest BCUT2D eigenvalue weighted by molar-refractivity contribution is -0.139. The van der Waals surface area contributed by atoms with Crippen LogP contribution in [0.3, 0.4) is 0 Å². The summed E-state index contributed by atoms with van der Waals surface area (Å²) in [6.07, 6.45) is 3.12. The fourth-order valence-corrected chi connectivity index (χ4v) is 2.38. The number of hydrogen-bond acceptors (Lipinski definition) is 4. The highest BCUT2D eigenvalue weighted by atomic mass is 16.5. The number of carboxylic acids is 1. The van der Waals surface area contributed by atoms with Crippen molar-refractivity contribution in [3.8, 4) is 5.75 Å². The van der Waals surface area contributed by atoms with Crippen LogP contribution in [0.4, 0.5) is 0 Å². The van der Waals surface area contributed by atoms with Crippen LogP contribution < -0.4 is 26.6 Å². The molecule has 0 atom stereocenters. The van der Waals surface area contributed by atoms with E-state index in [4.69, 9.17) is 9.84 Å². The first-order chi connectivity index (χ1) is 13.0. The van der Waals surface area contributed by atoms with Crippen molar-refractivity contribution in [3.63, 3.8) is 0 Å². The van der Waals surface area contributed by atoms with Crippen LogP contribution in [0.25, 0.3) is 12.2 Å². The number of aliphatic carboxylic acids is 1. The lowest BCUT2D eigenvalue weighted by Crippen LogP contribution is -2.46. The molecule has 7 heteroatoms. The number of carboxylic acid groups (broad SMARTS) is 1. The average Bonchev–Trinajstić information content (AvgIpc) is 2.66. The first kappa shape index (κ1) is 17.9.